The van der Waals surface area contributed by atoms with Gasteiger partial charge in [-0.3, -0.25) is 0 Å². The molecule has 2 rings (SSSR count). The Labute approximate surface area is 110 Å². The number of rotatable bonds is 8. The molecule has 0 spiro atoms. The summed E-state index contributed by atoms with van der Waals surface area (Å²) >= 11 is 0. The molecule has 0 saturated heterocycles. The summed E-state index contributed by atoms with van der Waals surface area (Å²) in [4.78, 5) is 4.54. The highest BCUT2D eigenvalue weighted by Crippen LogP contribution is 2.29. The van der Waals surface area contributed by atoms with Gasteiger partial charge in [-0.25, -0.2) is 4.98 Å². The number of nitrogens with zero attached hydrogens (tertiary/aromatic N) is 2. The number of nitrogens with one attached hydrogen (secondary N) is 1. The lowest BCUT2D eigenvalue weighted by molar-refractivity contribution is 0.190. The van der Waals surface area contributed by atoms with Crippen molar-refractivity contribution in [1.82, 2.24) is 9.55 Å². The molecular formula is C14H25N3O. The van der Waals surface area contributed by atoms with Crippen LogP contribution < -0.4 is 5.32 Å². The Balaban J connectivity index is 1.77. The third kappa shape index (κ3) is 3.73. The molecule has 4 heteroatoms. The van der Waals surface area contributed by atoms with E-state index in [0.29, 0.717) is 0 Å². The Morgan fingerprint density at radius 2 is 2.33 bits per heavy atom. The number of imidazole rings is 1. The second-order valence-corrected chi connectivity index (χ2v) is 5.26. The van der Waals surface area contributed by atoms with Crippen molar-refractivity contribution in [2.75, 3.05) is 25.6 Å². The van der Waals surface area contributed by atoms with Crippen LogP contribution >= 0.6 is 0 Å². The molecule has 1 heterocycles. The third-order valence-electron chi connectivity index (χ3n) is 3.70. The first kappa shape index (κ1) is 13.4. The van der Waals surface area contributed by atoms with Gasteiger partial charge in [-0.05, 0) is 25.7 Å². The van der Waals surface area contributed by atoms with Crippen LogP contribution in [0.2, 0.25) is 0 Å². The molecule has 4 nitrogen and oxygen atoms in total. The summed E-state index contributed by atoms with van der Waals surface area (Å²) in [5.41, 5.74) is 1.08. The van der Waals surface area contributed by atoms with Gasteiger partial charge in [0.15, 0.2) is 0 Å². The van der Waals surface area contributed by atoms with Gasteiger partial charge in [-0.15, -0.1) is 0 Å². The van der Waals surface area contributed by atoms with Gasteiger partial charge in [0.25, 0.3) is 0 Å². The molecule has 0 radical (unpaired) electrons. The van der Waals surface area contributed by atoms with Crippen LogP contribution in [0.3, 0.4) is 0 Å². The van der Waals surface area contributed by atoms with Gasteiger partial charge in [0.2, 0.25) is 5.95 Å². The van der Waals surface area contributed by atoms with Gasteiger partial charge in [-0.2, -0.15) is 0 Å². The molecule has 1 aromatic rings. The molecule has 1 aliphatic rings. The van der Waals surface area contributed by atoms with Crippen LogP contribution in [-0.2, 0) is 11.3 Å². The minimum absolute atomic E-state index is 0.804. The number of methoxy groups -OCH3 is 1. The van der Waals surface area contributed by atoms with Crippen LogP contribution in [0.1, 0.15) is 37.8 Å². The number of anilines is 1. The fraction of sp³-hybridized carbons (Fsp3) is 0.786. The standard InChI is InChI=1S/C14H25N3O/c1-12-11-17(9-4-10-18-2)14(16-12)15-8-7-13-5-3-6-13/h11,13H,3-10H2,1-2H3,(H,15,16). The molecule has 0 bridgehead atoms. The molecule has 1 aliphatic carbocycles. The SMILES string of the molecule is COCCCn1cc(C)nc1NCCC1CCC1. The molecule has 0 unspecified atom stereocenters. The Morgan fingerprint density at radius 1 is 1.50 bits per heavy atom. The zero-order valence-corrected chi connectivity index (χ0v) is 11.6. The van der Waals surface area contributed by atoms with E-state index in [1.807, 2.05) is 6.92 Å². The van der Waals surface area contributed by atoms with Gasteiger partial charge in [0.05, 0.1) is 5.69 Å². The second-order valence-electron chi connectivity index (χ2n) is 5.26. The number of aromatic nitrogens is 2. The van der Waals surface area contributed by atoms with E-state index < -0.39 is 0 Å². The average molecular weight is 251 g/mol. The summed E-state index contributed by atoms with van der Waals surface area (Å²) in [6, 6.07) is 0. The van der Waals surface area contributed by atoms with Crippen LogP contribution in [0.15, 0.2) is 6.20 Å². The molecule has 1 saturated carbocycles. The molecular weight excluding hydrogens is 226 g/mol. The summed E-state index contributed by atoms with van der Waals surface area (Å²) in [5.74, 6) is 1.97. The zero-order valence-electron chi connectivity index (χ0n) is 11.6. The van der Waals surface area contributed by atoms with Crippen LogP contribution in [0.4, 0.5) is 5.95 Å². The van der Waals surface area contributed by atoms with E-state index in [4.69, 9.17) is 4.74 Å². The minimum atomic E-state index is 0.804. The summed E-state index contributed by atoms with van der Waals surface area (Å²) < 4.78 is 7.29. The van der Waals surface area contributed by atoms with Crippen molar-refractivity contribution in [2.24, 2.45) is 5.92 Å². The van der Waals surface area contributed by atoms with E-state index >= 15 is 0 Å². The van der Waals surface area contributed by atoms with Gasteiger partial charge < -0.3 is 14.6 Å². The van der Waals surface area contributed by atoms with E-state index in [1.54, 1.807) is 7.11 Å². The first-order chi connectivity index (χ1) is 8.79. The third-order valence-corrected chi connectivity index (χ3v) is 3.70. The van der Waals surface area contributed by atoms with Crippen molar-refractivity contribution < 1.29 is 4.74 Å². The van der Waals surface area contributed by atoms with Crippen LogP contribution in [0.5, 0.6) is 0 Å². The molecule has 102 valence electrons. The average Bonchev–Trinajstić information content (AvgIpc) is 2.63. The number of hydrogen-bond donors (Lipinski definition) is 1. The number of hydrogen-bond acceptors (Lipinski definition) is 3. The summed E-state index contributed by atoms with van der Waals surface area (Å²) in [6.07, 6.45) is 8.69. The Hall–Kier alpha value is -1.03. The van der Waals surface area contributed by atoms with Crippen molar-refractivity contribution in [3.63, 3.8) is 0 Å². The number of ether oxygens (including phenoxy) is 1. The lowest BCUT2D eigenvalue weighted by Crippen LogP contribution is -2.17. The minimum Gasteiger partial charge on any atom is -0.385 e. The maximum atomic E-state index is 5.09. The van der Waals surface area contributed by atoms with Gasteiger partial charge in [-0.1, -0.05) is 19.3 Å². The predicted molar refractivity (Wildman–Crippen MR) is 73.9 cm³/mol. The van der Waals surface area contributed by atoms with Gasteiger partial charge in [0.1, 0.15) is 0 Å². The fourth-order valence-corrected chi connectivity index (χ4v) is 2.41. The zero-order chi connectivity index (χ0) is 12.8. The first-order valence-electron chi connectivity index (χ1n) is 7.06. The monoisotopic (exact) mass is 251 g/mol. The maximum Gasteiger partial charge on any atom is 0.203 e. The lowest BCUT2D eigenvalue weighted by Gasteiger charge is -2.25. The van der Waals surface area contributed by atoms with E-state index in [2.05, 4.69) is 21.1 Å². The molecule has 0 aromatic carbocycles. The van der Waals surface area contributed by atoms with Crippen molar-refractivity contribution in [3.05, 3.63) is 11.9 Å². The highest BCUT2D eigenvalue weighted by Gasteiger charge is 2.16. The first-order valence-corrected chi connectivity index (χ1v) is 7.06. The molecule has 18 heavy (non-hydrogen) atoms. The highest BCUT2D eigenvalue weighted by molar-refractivity contribution is 5.28. The normalized spacial score (nSPS) is 15.7. The van der Waals surface area contributed by atoms with Crippen LogP contribution in [0.25, 0.3) is 0 Å². The van der Waals surface area contributed by atoms with Crippen LogP contribution in [-0.4, -0.2) is 29.8 Å². The van der Waals surface area contributed by atoms with E-state index in [9.17, 15) is 0 Å². The van der Waals surface area contributed by atoms with Gasteiger partial charge in [0, 0.05) is 33.0 Å². The molecule has 1 N–H and O–H groups in total. The Bertz CT molecular complexity index is 358. The van der Waals surface area contributed by atoms with Crippen molar-refractivity contribution in [2.45, 2.75) is 45.6 Å². The second kappa shape index (κ2) is 6.78. The number of aryl methyl sites for hydroxylation is 2. The van der Waals surface area contributed by atoms with Gasteiger partial charge >= 0.3 is 0 Å². The van der Waals surface area contributed by atoms with E-state index in [-0.39, 0.29) is 0 Å². The molecule has 1 aromatic heterocycles. The smallest absolute Gasteiger partial charge is 0.203 e. The highest BCUT2D eigenvalue weighted by atomic mass is 16.5. The summed E-state index contributed by atoms with van der Waals surface area (Å²) in [7, 11) is 1.75. The Kier molecular flexibility index (Phi) is 5.05. The van der Waals surface area contributed by atoms with E-state index in [0.717, 1.165) is 43.7 Å². The van der Waals surface area contributed by atoms with Crippen molar-refractivity contribution >= 4 is 5.95 Å². The van der Waals surface area contributed by atoms with Crippen molar-refractivity contribution in [1.29, 1.82) is 0 Å². The Morgan fingerprint density at radius 3 is 3.00 bits per heavy atom. The summed E-state index contributed by atoms with van der Waals surface area (Å²) in [6.45, 7) is 4.87. The molecule has 1 fully saturated rings. The molecule has 0 amide bonds. The predicted octanol–water partition coefficient (Wildman–Crippen LogP) is 2.83. The fourth-order valence-electron chi connectivity index (χ4n) is 2.41. The summed E-state index contributed by atoms with van der Waals surface area (Å²) in [5, 5.41) is 3.47. The van der Waals surface area contributed by atoms with Crippen LogP contribution in [0, 0.1) is 12.8 Å². The quantitative estimate of drug-likeness (QED) is 0.722. The lowest BCUT2D eigenvalue weighted by atomic mass is 9.83. The molecule has 0 aliphatic heterocycles. The topological polar surface area (TPSA) is 39.1 Å². The molecule has 0 atom stereocenters. The van der Waals surface area contributed by atoms with Crippen molar-refractivity contribution in [3.8, 4) is 0 Å². The largest absolute Gasteiger partial charge is 0.385 e. The maximum absolute atomic E-state index is 5.09. The van der Waals surface area contributed by atoms with E-state index in [1.165, 1.54) is 25.7 Å².